The van der Waals surface area contributed by atoms with Crippen molar-refractivity contribution in [2.45, 2.75) is 28.7 Å². The number of carboxylic acid groups (broad SMARTS) is 3. The van der Waals surface area contributed by atoms with E-state index in [2.05, 4.69) is 19.5 Å². The fourth-order valence-electron chi connectivity index (χ4n) is 3.43. The van der Waals surface area contributed by atoms with Crippen LogP contribution in [-0.2, 0) is 19.2 Å². The monoisotopic (exact) mass is 696 g/mol. The molecule has 0 radical (unpaired) electrons. The number of nitrogens with zero attached hydrogens (tertiary/aromatic N) is 4. The predicted molar refractivity (Wildman–Crippen MR) is 138 cm³/mol. The molecule has 4 heterocycles. The minimum atomic E-state index is -1.68. The summed E-state index contributed by atoms with van der Waals surface area (Å²) in [6.07, 6.45) is -1.52. The Balaban J connectivity index is 0.00000308. The van der Waals surface area contributed by atoms with Gasteiger partial charge >= 0.3 is 94.6 Å². The van der Waals surface area contributed by atoms with Gasteiger partial charge in [-0.3, -0.25) is 23.9 Å². The molecule has 4 N–H and O–H groups in total. The first-order valence-electron chi connectivity index (χ1n) is 10.8. The number of nitrogens with two attached hydrogens (primary N) is 1. The smallest absolute Gasteiger partial charge is 0.857 e. The van der Waals surface area contributed by atoms with Crippen LogP contribution in [0.15, 0.2) is 35.8 Å². The van der Waals surface area contributed by atoms with Gasteiger partial charge in [0.15, 0.2) is 17.3 Å². The number of fused-ring (bicyclic) bond motifs is 1. The molecule has 1 fully saturated rings. The van der Waals surface area contributed by atoms with Gasteiger partial charge in [-0.05, 0) is 12.5 Å². The summed E-state index contributed by atoms with van der Waals surface area (Å²) in [5.41, 5.74) is 3.54. The van der Waals surface area contributed by atoms with E-state index in [4.69, 9.17) is 10.6 Å². The van der Waals surface area contributed by atoms with Gasteiger partial charge in [0.2, 0.25) is 0 Å². The van der Waals surface area contributed by atoms with E-state index < -0.39 is 64.1 Å². The van der Waals surface area contributed by atoms with Crippen molar-refractivity contribution >= 4 is 86.9 Å². The molecular weight excluding hydrogens is 681 g/mol. The number of amides is 1. The molecule has 2 aromatic heterocycles. The standard InChI is InChI=1S/C20H18N6O10S4.3Na/c1-5(16(30)31)36-24-9(7-4-39-20(21)22-7)13(28)23-10-14(29)26-11(18(34)35)6(2-37-15(10)26)3-38-19-8(17(32)33)12(27)25-40-19;;;/h4-5,10,15H,2-3H2,1H3,(H2,21,22)(H,23,28)(H,25,27)(H,30,31)(H,32,33)(H,34,35);;;/q;3*+1/p-3/b24-9+;;;/t5?,10-,15-;;;/m1.../s1. The molecule has 2 aliphatic heterocycles. The molecule has 43 heavy (non-hydrogen) atoms. The number of anilines is 1. The van der Waals surface area contributed by atoms with Crippen LogP contribution in [0.4, 0.5) is 5.13 Å². The molecule has 3 atom stereocenters. The number of carbonyl (C=O) groups is 4. The van der Waals surface area contributed by atoms with Crippen molar-refractivity contribution in [3.05, 3.63) is 38.3 Å². The minimum Gasteiger partial charge on any atom is -0.857 e. The molecule has 1 unspecified atom stereocenters. The first kappa shape index (κ1) is 40.1. The SMILES string of the molecule is CC(O/N=C(/C([O-])=N[C@@H]1C(=O)N2C(C(=O)O)=C(CSc3s[nH]c(=O)c3C(=O)[O-])CS[C@H]12)c1csc(N)n1)C(=O)[O-].[Na+].[Na+].[Na+]. The van der Waals surface area contributed by atoms with Crippen LogP contribution in [0.25, 0.3) is 0 Å². The molecule has 0 aliphatic carbocycles. The van der Waals surface area contributed by atoms with Gasteiger partial charge in [0.25, 0.3) is 11.5 Å². The number of aromatic amines is 1. The number of rotatable bonds is 11. The first-order chi connectivity index (χ1) is 18.9. The number of hydrogen-bond donors (Lipinski definition) is 3. The van der Waals surface area contributed by atoms with Crippen LogP contribution in [0, 0.1) is 0 Å². The van der Waals surface area contributed by atoms with E-state index in [-0.39, 0.29) is 126 Å². The molecule has 0 aromatic carbocycles. The number of oxime groups is 1. The molecule has 23 heteroatoms. The third kappa shape index (κ3) is 8.89. The van der Waals surface area contributed by atoms with E-state index in [9.17, 15) is 44.4 Å². The normalized spacial score (nSPS) is 18.7. The number of aliphatic imine (C=N–C) groups is 1. The zero-order valence-corrected chi connectivity index (χ0v) is 32.1. The van der Waals surface area contributed by atoms with Crippen LogP contribution in [0.1, 0.15) is 23.0 Å². The maximum absolute atomic E-state index is 13.0. The Hall–Kier alpha value is -0.880. The Morgan fingerprint density at radius 1 is 1.28 bits per heavy atom. The number of H-pyrrole nitrogens is 1. The quantitative estimate of drug-likeness (QED) is 0.0492. The largest absolute Gasteiger partial charge is 1.00 e. The van der Waals surface area contributed by atoms with Crippen molar-refractivity contribution < 1.29 is 133 Å². The van der Waals surface area contributed by atoms with Crippen molar-refractivity contribution in [3.8, 4) is 0 Å². The molecule has 4 rings (SSSR count). The Morgan fingerprint density at radius 2 is 1.95 bits per heavy atom. The Kier molecular flexibility index (Phi) is 16.0. The summed E-state index contributed by atoms with van der Waals surface area (Å²) in [7, 11) is 0. The molecule has 212 valence electrons. The number of aliphatic carboxylic acids is 2. The number of thiazole rings is 1. The zero-order chi connectivity index (χ0) is 29.3. The average molecular weight is 697 g/mol. The summed E-state index contributed by atoms with van der Waals surface area (Å²) >= 11 is 3.74. The van der Waals surface area contributed by atoms with Crippen LogP contribution in [0.3, 0.4) is 0 Å². The predicted octanol–water partition coefficient (Wildman–Crippen LogP) is -12.1. The van der Waals surface area contributed by atoms with Gasteiger partial charge in [-0.2, -0.15) is 0 Å². The van der Waals surface area contributed by atoms with E-state index in [0.29, 0.717) is 0 Å². The van der Waals surface area contributed by atoms with Gasteiger partial charge in [-0.15, -0.1) is 34.9 Å². The first-order valence-corrected chi connectivity index (χ1v) is 14.5. The number of β-lactam (4-membered cyclic amide) rings is 1. The molecule has 1 saturated heterocycles. The van der Waals surface area contributed by atoms with Gasteiger partial charge in [0.1, 0.15) is 22.5 Å². The number of aromatic carboxylic acids is 1. The second-order valence-corrected chi connectivity index (χ2v) is 12.0. The number of aromatic nitrogens is 2. The fraction of sp³-hybridized carbons (Fsp3) is 0.300. The van der Waals surface area contributed by atoms with Crippen LogP contribution < -0.4 is 115 Å². The van der Waals surface area contributed by atoms with Gasteiger partial charge in [0, 0.05) is 22.8 Å². The molecule has 16 nitrogen and oxygen atoms in total. The van der Waals surface area contributed by atoms with Crippen molar-refractivity contribution in [1.82, 2.24) is 14.3 Å². The Labute approximate surface area is 324 Å². The van der Waals surface area contributed by atoms with Gasteiger partial charge in [0.05, 0.1) is 21.7 Å². The summed E-state index contributed by atoms with van der Waals surface area (Å²) < 4.78 is 2.37. The van der Waals surface area contributed by atoms with Crippen molar-refractivity contribution in [3.63, 3.8) is 0 Å². The zero-order valence-electron chi connectivity index (χ0n) is 22.8. The maximum atomic E-state index is 13.0. The van der Waals surface area contributed by atoms with Gasteiger partial charge < -0.3 is 40.6 Å². The number of thioether (sulfide) groups is 2. The van der Waals surface area contributed by atoms with Crippen LogP contribution in [-0.4, -0.2) is 83.8 Å². The van der Waals surface area contributed by atoms with Crippen LogP contribution >= 0.6 is 46.4 Å². The van der Waals surface area contributed by atoms with Crippen molar-refractivity contribution in [2.75, 3.05) is 17.2 Å². The molecule has 0 spiro atoms. The fourth-order valence-corrected chi connectivity index (χ4v) is 7.40. The second-order valence-electron chi connectivity index (χ2n) is 7.90. The topological polar surface area (TPSA) is 267 Å². The van der Waals surface area contributed by atoms with E-state index in [1.165, 1.54) is 5.38 Å². The Bertz CT molecular complexity index is 1560. The van der Waals surface area contributed by atoms with Crippen LogP contribution in [0.5, 0.6) is 0 Å². The number of carboxylic acids is 3. The second kappa shape index (κ2) is 17.2. The third-order valence-electron chi connectivity index (χ3n) is 5.33. The van der Waals surface area contributed by atoms with Crippen molar-refractivity contribution in [2.24, 2.45) is 10.1 Å². The van der Waals surface area contributed by atoms with E-state index in [1.54, 1.807) is 0 Å². The van der Waals surface area contributed by atoms with E-state index >= 15 is 0 Å². The molecule has 0 saturated carbocycles. The minimum absolute atomic E-state index is 0. The summed E-state index contributed by atoms with van der Waals surface area (Å²) in [5.74, 6) is -6.52. The van der Waals surface area contributed by atoms with Gasteiger partial charge in [-0.25, -0.2) is 9.78 Å². The molecule has 2 aliphatic rings. The number of nitrogens with one attached hydrogen (secondary N) is 1. The average Bonchev–Trinajstić information content (AvgIpc) is 3.49. The van der Waals surface area contributed by atoms with Gasteiger partial charge in [-0.1, -0.05) is 16.7 Å². The number of hydrogen-bond acceptors (Lipinski definition) is 17. The summed E-state index contributed by atoms with van der Waals surface area (Å²) in [6.45, 7) is 1.12. The summed E-state index contributed by atoms with van der Waals surface area (Å²) in [6, 6.07) is -1.29. The molecule has 2 aromatic rings. The summed E-state index contributed by atoms with van der Waals surface area (Å²) in [4.78, 5) is 72.5. The van der Waals surface area contributed by atoms with Crippen molar-refractivity contribution in [1.29, 1.82) is 0 Å². The molecular formula is C20H15N6Na3O10S4. The van der Waals surface area contributed by atoms with Crippen LogP contribution in [0.2, 0.25) is 0 Å². The third-order valence-corrected chi connectivity index (χ3v) is 9.57. The van der Waals surface area contributed by atoms with E-state index in [1.807, 2.05) is 0 Å². The summed E-state index contributed by atoms with van der Waals surface area (Å²) in [5, 5.41) is 49.1. The molecule has 0 bridgehead atoms. The maximum Gasteiger partial charge on any atom is 1.00 e. The number of nitrogen functional groups attached to an aromatic ring is 1. The molecule has 1 amide bonds. The van der Waals surface area contributed by atoms with E-state index in [0.717, 1.165) is 58.2 Å². The number of carbonyl (C=O) groups excluding carboxylic acids is 3. The Morgan fingerprint density at radius 3 is 2.51 bits per heavy atom.